The number of rotatable bonds is 2. The molecule has 2 aromatic carbocycles. The zero-order chi connectivity index (χ0) is 14.9. The van der Waals surface area contributed by atoms with Crippen molar-refractivity contribution in [3.05, 3.63) is 64.0 Å². The van der Waals surface area contributed by atoms with E-state index in [4.69, 9.17) is 0 Å². The van der Waals surface area contributed by atoms with Gasteiger partial charge >= 0.3 is 0 Å². The number of carbonyl (C=O) groups excluding carboxylic acids is 1. The Morgan fingerprint density at radius 3 is 2.10 bits per heavy atom. The fraction of sp³-hybridized carbons (Fsp3) is 0.235. The van der Waals surface area contributed by atoms with E-state index in [-0.39, 0.29) is 5.56 Å². The Hall–Kier alpha value is -2.16. The van der Waals surface area contributed by atoms with Crippen molar-refractivity contribution in [3.8, 4) is 0 Å². The highest BCUT2D eigenvalue weighted by atomic mass is 19.1. The quantitative estimate of drug-likeness (QED) is 0.866. The SMILES string of the molecule is Cc1cc(C)c(NC(=O)c2ccc(C)cc2F)c(C)c1. The lowest BCUT2D eigenvalue weighted by Gasteiger charge is -2.13. The molecule has 2 nitrogen and oxygen atoms in total. The summed E-state index contributed by atoms with van der Waals surface area (Å²) in [7, 11) is 0. The number of hydrogen-bond acceptors (Lipinski definition) is 1. The Labute approximate surface area is 118 Å². The van der Waals surface area contributed by atoms with Gasteiger partial charge in [-0.2, -0.15) is 0 Å². The highest BCUT2D eigenvalue weighted by Crippen LogP contribution is 2.23. The van der Waals surface area contributed by atoms with Crippen LogP contribution in [-0.2, 0) is 0 Å². The fourth-order valence-electron chi connectivity index (χ4n) is 2.36. The number of hydrogen-bond donors (Lipinski definition) is 1. The molecule has 0 spiro atoms. The van der Waals surface area contributed by atoms with Gasteiger partial charge in [-0.25, -0.2) is 4.39 Å². The van der Waals surface area contributed by atoms with E-state index in [2.05, 4.69) is 5.32 Å². The summed E-state index contributed by atoms with van der Waals surface area (Å²) in [5.74, 6) is -0.914. The second-order valence-corrected chi connectivity index (χ2v) is 5.21. The highest BCUT2D eigenvalue weighted by Gasteiger charge is 2.14. The molecule has 0 aliphatic heterocycles. The maximum absolute atomic E-state index is 13.8. The molecular weight excluding hydrogens is 253 g/mol. The topological polar surface area (TPSA) is 29.1 Å². The Morgan fingerprint density at radius 1 is 0.950 bits per heavy atom. The van der Waals surface area contributed by atoms with Crippen molar-refractivity contribution < 1.29 is 9.18 Å². The van der Waals surface area contributed by atoms with Gasteiger partial charge in [0.15, 0.2) is 0 Å². The molecule has 0 aliphatic rings. The lowest BCUT2D eigenvalue weighted by atomic mass is 10.0. The third-order valence-corrected chi connectivity index (χ3v) is 3.28. The zero-order valence-corrected chi connectivity index (χ0v) is 12.2. The molecule has 20 heavy (non-hydrogen) atoms. The monoisotopic (exact) mass is 271 g/mol. The van der Waals surface area contributed by atoms with Crippen LogP contribution in [0.25, 0.3) is 0 Å². The largest absolute Gasteiger partial charge is 0.321 e. The molecule has 1 N–H and O–H groups in total. The van der Waals surface area contributed by atoms with Gasteiger partial charge in [0.25, 0.3) is 5.91 Å². The van der Waals surface area contributed by atoms with Crippen molar-refractivity contribution >= 4 is 11.6 Å². The summed E-state index contributed by atoms with van der Waals surface area (Å²) in [6.07, 6.45) is 0. The minimum Gasteiger partial charge on any atom is -0.321 e. The standard InChI is InChI=1S/C17H18FNO/c1-10-5-6-14(15(18)9-10)17(20)19-16-12(3)7-11(2)8-13(16)4/h5-9H,1-4H3,(H,19,20). The fourth-order valence-corrected chi connectivity index (χ4v) is 2.36. The van der Waals surface area contributed by atoms with Crippen LogP contribution in [0, 0.1) is 33.5 Å². The van der Waals surface area contributed by atoms with Gasteiger partial charge < -0.3 is 5.32 Å². The van der Waals surface area contributed by atoms with Gasteiger partial charge in [0.2, 0.25) is 0 Å². The van der Waals surface area contributed by atoms with Crippen LogP contribution in [0.1, 0.15) is 32.6 Å². The molecule has 104 valence electrons. The molecule has 0 saturated heterocycles. The molecule has 0 bridgehead atoms. The minimum absolute atomic E-state index is 0.0648. The molecular formula is C17H18FNO. The van der Waals surface area contributed by atoms with Crippen LogP contribution in [0.3, 0.4) is 0 Å². The van der Waals surface area contributed by atoms with Crippen molar-refractivity contribution in [2.45, 2.75) is 27.7 Å². The van der Waals surface area contributed by atoms with Crippen LogP contribution in [0.4, 0.5) is 10.1 Å². The lowest BCUT2D eigenvalue weighted by molar-refractivity contribution is 0.102. The highest BCUT2D eigenvalue weighted by molar-refractivity contribution is 6.05. The smallest absolute Gasteiger partial charge is 0.258 e. The van der Waals surface area contributed by atoms with E-state index in [0.717, 1.165) is 27.9 Å². The van der Waals surface area contributed by atoms with Gasteiger partial charge in [-0.05, 0) is 56.5 Å². The third kappa shape index (κ3) is 2.87. The Bertz CT molecular complexity index is 654. The van der Waals surface area contributed by atoms with Crippen molar-refractivity contribution in [3.63, 3.8) is 0 Å². The number of aryl methyl sites for hydroxylation is 4. The van der Waals surface area contributed by atoms with E-state index in [0.29, 0.717) is 0 Å². The van der Waals surface area contributed by atoms with Crippen molar-refractivity contribution in [1.82, 2.24) is 0 Å². The van der Waals surface area contributed by atoms with Gasteiger partial charge in [-0.15, -0.1) is 0 Å². The van der Waals surface area contributed by atoms with Crippen molar-refractivity contribution in [1.29, 1.82) is 0 Å². The van der Waals surface area contributed by atoms with E-state index in [9.17, 15) is 9.18 Å². The van der Waals surface area contributed by atoms with E-state index in [1.165, 1.54) is 12.1 Å². The van der Waals surface area contributed by atoms with Gasteiger partial charge in [0.1, 0.15) is 5.82 Å². The number of amides is 1. The van der Waals surface area contributed by atoms with Gasteiger partial charge in [0, 0.05) is 5.69 Å². The van der Waals surface area contributed by atoms with Crippen LogP contribution >= 0.6 is 0 Å². The number of carbonyl (C=O) groups is 1. The van der Waals surface area contributed by atoms with E-state index in [1.54, 1.807) is 13.0 Å². The summed E-state index contributed by atoms with van der Waals surface area (Å²) >= 11 is 0. The van der Waals surface area contributed by atoms with Gasteiger partial charge in [0.05, 0.1) is 5.56 Å². The molecule has 2 rings (SSSR count). The summed E-state index contributed by atoms with van der Waals surface area (Å²) in [4.78, 5) is 12.2. The van der Waals surface area contributed by atoms with E-state index in [1.807, 2.05) is 32.9 Å². The average Bonchev–Trinajstić information content (AvgIpc) is 2.33. The Morgan fingerprint density at radius 2 is 1.55 bits per heavy atom. The summed E-state index contributed by atoms with van der Waals surface area (Å²) < 4.78 is 13.8. The molecule has 3 heteroatoms. The molecule has 0 radical (unpaired) electrons. The molecule has 0 atom stereocenters. The van der Waals surface area contributed by atoms with Crippen molar-refractivity contribution in [2.24, 2.45) is 0 Å². The number of halogens is 1. The first-order valence-electron chi connectivity index (χ1n) is 6.54. The zero-order valence-electron chi connectivity index (χ0n) is 12.2. The number of benzene rings is 2. The minimum atomic E-state index is -0.495. The molecule has 0 aromatic heterocycles. The molecule has 0 heterocycles. The second kappa shape index (κ2) is 5.45. The first-order valence-corrected chi connectivity index (χ1v) is 6.54. The molecule has 0 aliphatic carbocycles. The summed E-state index contributed by atoms with van der Waals surface area (Å²) in [6.45, 7) is 7.66. The van der Waals surface area contributed by atoms with Crippen molar-refractivity contribution in [2.75, 3.05) is 5.32 Å². The van der Waals surface area contributed by atoms with Crippen LogP contribution in [0.2, 0.25) is 0 Å². The summed E-state index contributed by atoms with van der Waals surface area (Å²) in [5.41, 5.74) is 4.70. The predicted molar refractivity (Wildman–Crippen MR) is 79.7 cm³/mol. The number of nitrogens with one attached hydrogen (secondary N) is 1. The molecule has 0 unspecified atom stereocenters. The first kappa shape index (κ1) is 14.3. The molecule has 0 fully saturated rings. The number of anilines is 1. The lowest BCUT2D eigenvalue weighted by Crippen LogP contribution is -2.15. The Balaban J connectivity index is 2.33. The van der Waals surface area contributed by atoms with E-state index >= 15 is 0 Å². The predicted octanol–water partition coefficient (Wildman–Crippen LogP) is 4.31. The normalized spacial score (nSPS) is 10.4. The van der Waals surface area contributed by atoms with Gasteiger partial charge in [-0.1, -0.05) is 23.8 Å². The van der Waals surface area contributed by atoms with Crippen LogP contribution in [0.5, 0.6) is 0 Å². The van der Waals surface area contributed by atoms with E-state index < -0.39 is 11.7 Å². The van der Waals surface area contributed by atoms with Gasteiger partial charge in [-0.3, -0.25) is 4.79 Å². The summed E-state index contributed by atoms with van der Waals surface area (Å²) in [5, 5.41) is 2.80. The first-order chi connectivity index (χ1) is 9.38. The maximum Gasteiger partial charge on any atom is 0.258 e. The van der Waals surface area contributed by atoms with Crippen LogP contribution in [-0.4, -0.2) is 5.91 Å². The third-order valence-electron chi connectivity index (χ3n) is 3.28. The van der Waals surface area contributed by atoms with Crippen LogP contribution in [0.15, 0.2) is 30.3 Å². The molecule has 0 saturated carbocycles. The Kier molecular flexibility index (Phi) is 3.89. The van der Waals surface area contributed by atoms with Crippen LogP contribution < -0.4 is 5.32 Å². The molecule has 1 amide bonds. The second-order valence-electron chi connectivity index (χ2n) is 5.21. The summed E-state index contributed by atoms with van der Waals surface area (Å²) in [6, 6.07) is 8.59. The molecule has 2 aromatic rings. The maximum atomic E-state index is 13.8. The average molecular weight is 271 g/mol.